The molecule has 106 valence electrons. The summed E-state index contributed by atoms with van der Waals surface area (Å²) in [6, 6.07) is 12.9. The molecule has 0 saturated heterocycles. The molecule has 2 aromatic carbocycles. The molecule has 2 aromatic rings. The molecule has 2 rings (SSSR count). The zero-order chi connectivity index (χ0) is 14.7. The van der Waals surface area contributed by atoms with Gasteiger partial charge in [0, 0.05) is 4.47 Å². The number of aryl methyl sites for hydroxylation is 3. The minimum absolute atomic E-state index is 0.0780. The SMILES string of the molecule is CCc1ccc(CC)c(C(N)c2cccc(C)c2Br)c1. The second-order valence-electron chi connectivity index (χ2n) is 5.20. The van der Waals surface area contributed by atoms with Crippen molar-refractivity contribution in [1.82, 2.24) is 0 Å². The predicted octanol–water partition coefficient (Wildman–Crippen LogP) is 4.93. The first-order valence-corrected chi connectivity index (χ1v) is 8.00. The van der Waals surface area contributed by atoms with Crippen LogP contribution in [0.3, 0.4) is 0 Å². The molecule has 0 radical (unpaired) electrons. The van der Waals surface area contributed by atoms with Crippen LogP contribution in [-0.4, -0.2) is 0 Å². The normalized spacial score (nSPS) is 12.4. The maximum atomic E-state index is 6.56. The van der Waals surface area contributed by atoms with Gasteiger partial charge in [-0.3, -0.25) is 0 Å². The summed E-state index contributed by atoms with van der Waals surface area (Å²) in [7, 11) is 0. The zero-order valence-electron chi connectivity index (χ0n) is 12.4. The zero-order valence-corrected chi connectivity index (χ0v) is 14.0. The van der Waals surface area contributed by atoms with Gasteiger partial charge in [-0.1, -0.05) is 66.2 Å². The van der Waals surface area contributed by atoms with Crippen molar-refractivity contribution in [2.45, 2.75) is 39.7 Å². The van der Waals surface area contributed by atoms with Crippen LogP contribution in [0, 0.1) is 6.92 Å². The fraction of sp³-hybridized carbons (Fsp3) is 0.333. The maximum absolute atomic E-state index is 6.56. The molecule has 0 aliphatic carbocycles. The van der Waals surface area contributed by atoms with Gasteiger partial charge < -0.3 is 5.73 Å². The quantitative estimate of drug-likeness (QED) is 0.844. The number of benzene rings is 2. The molecule has 1 nitrogen and oxygen atoms in total. The van der Waals surface area contributed by atoms with Crippen LogP contribution in [0.5, 0.6) is 0 Å². The van der Waals surface area contributed by atoms with Gasteiger partial charge >= 0.3 is 0 Å². The lowest BCUT2D eigenvalue weighted by atomic mass is 9.91. The lowest BCUT2D eigenvalue weighted by Crippen LogP contribution is -2.15. The van der Waals surface area contributed by atoms with E-state index in [0.29, 0.717) is 0 Å². The van der Waals surface area contributed by atoms with Crippen molar-refractivity contribution in [1.29, 1.82) is 0 Å². The molecule has 20 heavy (non-hydrogen) atoms. The molecule has 0 saturated carbocycles. The third-order valence-corrected chi connectivity index (χ3v) is 4.97. The first-order chi connectivity index (χ1) is 9.58. The second kappa shape index (κ2) is 6.55. The molecule has 0 bridgehead atoms. The van der Waals surface area contributed by atoms with Crippen molar-refractivity contribution < 1.29 is 0 Å². The highest BCUT2D eigenvalue weighted by Gasteiger charge is 2.16. The van der Waals surface area contributed by atoms with Crippen molar-refractivity contribution in [2.24, 2.45) is 5.73 Å². The van der Waals surface area contributed by atoms with Gasteiger partial charge in [0.2, 0.25) is 0 Å². The molecule has 0 aromatic heterocycles. The van der Waals surface area contributed by atoms with Crippen molar-refractivity contribution in [3.05, 3.63) is 68.7 Å². The number of hydrogen-bond acceptors (Lipinski definition) is 1. The summed E-state index contributed by atoms with van der Waals surface area (Å²) in [5.41, 5.74) is 12.9. The van der Waals surface area contributed by atoms with Crippen molar-refractivity contribution in [2.75, 3.05) is 0 Å². The molecular weight excluding hydrogens is 310 g/mol. The number of nitrogens with two attached hydrogens (primary N) is 1. The Kier molecular flexibility index (Phi) is 5.00. The Hall–Kier alpha value is -1.12. The molecule has 0 aliphatic heterocycles. The summed E-state index contributed by atoms with van der Waals surface area (Å²) in [4.78, 5) is 0. The van der Waals surface area contributed by atoms with E-state index in [4.69, 9.17) is 5.73 Å². The Morgan fingerprint density at radius 2 is 1.80 bits per heavy atom. The summed E-state index contributed by atoms with van der Waals surface area (Å²) in [5.74, 6) is 0. The van der Waals surface area contributed by atoms with E-state index in [-0.39, 0.29) is 6.04 Å². The van der Waals surface area contributed by atoms with Crippen LogP contribution in [0.2, 0.25) is 0 Å². The Morgan fingerprint density at radius 1 is 1.05 bits per heavy atom. The van der Waals surface area contributed by atoms with Crippen LogP contribution in [0.4, 0.5) is 0 Å². The van der Waals surface area contributed by atoms with E-state index in [2.05, 4.69) is 73.1 Å². The molecule has 2 N–H and O–H groups in total. The fourth-order valence-electron chi connectivity index (χ4n) is 2.55. The molecule has 0 aliphatic rings. The summed E-state index contributed by atoms with van der Waals surface area (Å²) in [6.07, 6.45) is 2.05. The minimum atomic E-state index is -0.0780. The maximum Gasteiger partial charge on any atom is 0.0565 e. The van der Waals surface area contributed by atoms with E-state index < -0.39 is 0 Å². The predicted molar refractivity (Wildman–Crippen MR) is 90.1 cm³/mol. The highest BCUT2D eigenvalue weighted by molar-refractivity contribution is 9.10. The minimum Gasteiger partial charge on any atom is -0.320 e. The smallest absolute Gasteiger partial charge is 0.0565 e. The van der Waals surface area contributed by atoms with Gasteiger partial charge in [-0.25, -0.2) is 0 Å². The van der Waals surface area contributed by atoms with Crippen LogP contribution in [0.1, 0.15) is 47.7 Å². The van der Waals surface area contributed by atoms with Crippen LogP contribution in [-0.2, 0) is 12.8 Å². The molecule has 1 atom stereocenters. The van der Waals surface area contributed by atoms with Gasteiger partial charge in [0.15, 0.2) is 0 Å². The number of hydrogen-bond donors (Lipinski definition) is 1. The average Bonchev–Trinajstić information content (AvgIpc) is 2.48. The summed E-state index contributed by atoms with van der Waals surface area (Å²) < 4.78 is 1.12. The van der Waals surface area contributed by atoms with Gasteiger partial charge in [0.05, 0.1) is 6.04 Å². The first-order valence-electron chi connectivity index (χ1n) is 7.20. The summed E-state index contributed by atoms with van der Waals surface area (Å²) in [6.45, 7) is 6.46. The Bertz CT molecular complexity index is 604. The van der Waals surface area contributed by atoms with Crippen molar-refractivity contribution in [3.63, 3.8) is 0 Å². The lowest BCUT2D eigenvalue weighted by Gasteiger charge is -2.19. The van der Waals surface area contributed by atoms with Crippen LogP contribution in [0.15, 0.2) is 40.9 Å². The van der Waals surface area contributed by atoms with Crippen LogP contribution >= 0.6 is 15.9 Å². The lowest BCUT2D eigenvalue weighted by molar-refractivity contribution is 0.838. The Balaban J connectivity index is 2.51. The first kappa shape index (κ1) is 15.3. The van der Waals surface area contributed by atoms with E-state index in [9.17, 15) is 0 Å². The van der Waals surface area contributed by atoms with Gasteiger partial charge in [-0.15, -0.1) is 0 Å². The third-order valence-electron chi connectivity index (χ3n) is 3.89. The molecule has 0 fully saturated rings. The standard InChI is InChI=1S/C18H22BrN/c1-4-13-9-10-14(5-2)16(11-13)18(20)15-8-6-7-12(3)17(15)19/h6-11,18H,4-5,20H2,1-3H3. The van der Waals surface area contributed by atoms with E-state index in [1.807, 2.05) is 0 Å². The topological polar surface area (TPSA) is 26.0 Å². The van der Waals surface area contributed by atoms with Gasteiger partial charge in [0.25, 0.3) is 0 Å². The number of rotatable bonds is 4. The Labute approximate surface area is 130 Å². The molecule has 0 spiro atoms. The summed E-state index contributed by atoms with van der Waals surface area (Å²) >= 11 is 3.68. The second-order valence-corrected chi connectivity index (χ2v) is 5.99. The molecule has 0 amide bonds. The van der Waals surface area contributed by atoms with Crippen LogP contribution in [0.25, 0.3) is 0 Å². The molecule has 2 heteroatoms. The van der Waals surface area contributed by atoms with Crippen molar-refractivity contribution >= 4 is 15.9 Å². The van der Waals surface area contributed by atoms with Gasteiger partial charge in [0.1, 0.15) is 0 Å². The molecule has 0 heterocycles. The highest BCUT2D eigenvalue weighted by atomic mass is 79.9. The van der Waals surface area contributed by atoms with Crippen LogP contribution < -0.4 is 5.73 Å². The largest absolute Gasteiger partial charge is 0.320 e. The monoisotopic (exact) mass is 331 g/mol. The van der Waals surface area contributed by atoms with Gasteiger partial charge in [-0.2, -0.15) is 0 Å². The number of halogens is 1. The van der Waals surface area contributed by atoms with Crippen molar-refractivity contribution in [3.8, 4) is 0 Å². The van der Waals surface area contributed by atoms with E-state index in [0.717, 1.165) is 22.9 Å². The Morgan fingerprint density at radius 3 is 2.45 bits per heavy atom. The summed E-state index contributed by atoms with van der Waals surface area (Å²) in [5, 5.41) is 0. The van der Waals surface area contributed by atoms with E-state index in [1.54, 1.807) is 0 Å². The fourth-order valence-corrected chi connectivity index (χ4v) is 3.06. The third kappa shape index (κ3) is 2.97. The average molecular weight is 332 g/mol. The van der Waals surface area contributed by atoms with E-state index in [1.165, 1.54) is 22.3 Å². The molecule has 1 unspecified atom stereocenters. The molecular formula is C18H22BrN. The van der Waals surface area contributed by atoms with Gasteiger partial charge in [-0.05, 0) is 47.6 Å². The van der Waals surface area contributed by atoms with E-state index >= 15 is 0 Å². The highest BCUT2D eigenvalue weighted by Crippen LogP contribution is 2.31.